The standard InChI is InChI=1S/C18H10Cl2F8N2O2/c19-9-3-1-5-11(7-9)29-13(31)15(21,22)17(25,26)18(27,28)16(23,24)14(32)30-12-6-2-4-10(20)8-12/h1-8H,(H,29,31)(H,30,32). The van der Waals surface area contributed by atoms with E-state index in [1.54, 1.807) is 0 Å². The molecule has 0 heterocycles. The van der Waals surface area contributed by atoms with Crippen molar-refractivity contribution in [1.82, 2.24) is 0 Å². The van der Waals surface area contributed by atoms with E-state index in [-0.39, 0.29) is 10.0 Å². The molecule has 2 aromatic rings. The Morgan fingerprint density at radius 1 is 0.625 bits per heavy atom. The molecule has 0 fully saturated rings. The molecule has 0 bridgehead atoms. The van der Waals surface area contributed by atoms with Crippen LogP contribution in [0.5, 0.6) is 0 Å². The minimum absolute atomic E-state index is 0.146. The molecule has 0 atom stereocenters. The van der Waals surface area contributed by atoms with Crippen molar-refractivity contribution in [2.75, 3.05) is 10.6 Å². The first-order valence-corrected chi connectivity index (χ1v) is 8.95. The molecular formula is C18H10Cl2F8N2O2. The van der Waals surface area contributed by atoms with E-state index in [2.05, 4.69) is 0 Å². The van der Waals surface area contributed by atoms with Gasteiger partial charge in [-0.3, -0.25) is 9.59 Å². The molecule has 0 unspecified atom stereocenters. The lowest BCUT2D eigenvalue weighted by molar-refractivity contribution is -0.345. The zero-order valence-corrected chi connectivity index (χ0v) is 16.7. The Bertz CT molecular complexity index is 952. The fourth-order valence-electron chi connectivity index (χ4n) is 2.23. The van der Waals surface area contributed by atoms with Crippen LogP contribution in [-0.2, 0) is 9.59 Å². The highest BCUT2D eigenvalue weighted by Crippen LogP contribution is 2.53. The van der Waals surface area contributed by atoms with Gasteiger partial charge in [0.2, 0.25) is 0 Å². The second-order valence-corrected chi connectivity index (χ2v) is 7.10. The van der Waals surface area contributed by atoms with Gasteiger partial charge in [0.05, 0.1) is 0 Å². The summed E-state index contributed by atoms with van der Waals surface area (Å²) in [4.78, 5) is 23.2. The van der Waals surface area contributed by atoms with Crippen molar-refractivity contribution in [2.24, 2.45) is 0 Å². The number of hydrogen-bond donors (Lipinski definition) is 2. The molecule has 0 radical (unpaired) electrons. The van der Waals surface area contributed by atoms with Crippen molar-refractivity contribution in [2.45, 2.75) is 23.7 Å². The SMILES string of the molecule is O=C(Nc1cccc(Cl)c1)C(F)(F)C(F)(F)C(F)(F)C(F)(F)C(=O)Nc1cccc(Cl)c1. The number of hydrogen-bond acceptors (Lipinski definition) is 2. The van der Waals surface area contributed by atoms with Gasteiger partial charge in [-0.25, -0.2) is 0 Å². The van der Waals surface area contributed by atoms with Crippen LogP contribution in [-0.4, -0.2) is 35.5 Å². The van der Waals surface area contributed by atoms with E-state index in [1.807, 2.05) is 0 Å². The molecule has 2 amide bonds. The summed E-state index contributed by atoms with van der Waals surface area (Å²) in [5, 5.41) is 2.07. The van der Waals surface area contributed by atoms with Crippen LogP contribution >= 0.6 is 23.2 Å². The summed E-state index contributed by atoms with van der Waals surface area (Å²) in [6, 6.07) is 7.99. The average Bonchev–Trinajstić information content (AvgIpc) is 2.67. The lowest BCUT2D eigenvalue weighted by atomic mass is 9.97. The van der Waals surface area contributed by atoms with Crippen LogP contribution in [0.4, 0.5) is 46.5 Å². The van der Waals surface area contributed by atoms with Crippen molar-refractivity contribution in [3.05, 3.63) is 58.6 Å². The molecule has 32 heavy (non-hydrogen) atoms. The van der Waals surface area contributed by atoms with Crippen LogP contribution in [0.25, 0.3) is 0 Å². The quantitative estimate of drug-likeness (QED) is 0.443. The van der Waals surface area contributed by atoms with Crippen LogP contribution in [0, 0.1) is 0 Å². The van der Waals surface area contributed by atoms with Gasteiger partial charge in [-0.15, -0.1) is 0 Å². The number of carbonyl (C=O) groups excluding carboxylic acids is 2. The van der Waals surface area contributed by atoms with E-state index in [4.69, 9.17) is 23.2 Å². The van der Waals surface area contributed by atoms with Crippen molar-refractivity contribution in [1.29, 1.82) is 0 Å². The third-order valence-corrected chi connectivity index (χ3v) is 4.39. The number of anilines is 2. The van der Waals surface area contributed by atoms with Crippen LogP contribution in [0.3, 0.4) is 0 Å². The maximum atomic E-state index is 14.0. The first kappa shape index (κ1) is 25.7. The molecule has 0 aromatic heterocycles. The summed E-state index contributed by atoms with van der Waals surface area (Å²) < 4.78 is 112. The lowest BCUT2D eigenvalue weighted by Gasteiger charge is -2.35. The summed E-state index contributed by atoms with van der Waals surface area (Å²) in [5.41, 5.74) is -1.21. The number of nitrogens with one attached hydrogen (secondary N) is 2. The van der Waals surface area contributed by atoms with Gasteiger partial charge in [-0.2, -0.15) is 35.1 Å². The van der Waals surface area contributed by atoms with E-state index in [0.717, 1.165) is 36.4 Å². The van der Waals surface area contributed by atoms with Crippen molar-refractivity contribution < 1.29 is 44.7 Å². The molecular weight excluding hydrogens is 499 g/mol. The molecule has 0 aliphatic carbocycles. The van der Waals surface area contributed by atoms with Gasteiger partial charge in [0, 0.05) is 21.4 Å². The molecule has 174 valence electrons. The number of rotatable bonds is 7. The topological polar surface area (TPSA) is 58.2 Å². The monoisotopic (exact) mass is 508 g/mol. The fraction of sp³-hybridized carbons (Fsp3) is 0.222. The second-order valence-electron chi connectivity index (χ2n) is 6.23. The Morgan fingerprint density at radius 3 is 1.22 bits per heavy atom. The van der Waals surface area contributed by atoms with Crippen LogP contribution < -0.4 is 10.6 Å². The molecule has 0 saturated carbocycles. The highest BCUT2D eigenvalue weighted by molar-refractivity contribution is 6.31. The number of carbonyl (C=O) groups is 2. The Labute approximate surface area is 184 Å². The predicted octanol–water partition coefficient (Wildman–Crippen LogP) is 6.11. The van der Waals surface area contributed by atoms with E-state index in [1.165, 1.54) is 22.8 Å². The van der Waals surface area contributed by atoms with Crippen molar-refractivity contribution in [3.8, 4) is 0 Å². The second kappa shape index (κ2) is 8.74. The molecule has 2 N–H and O–H groups in total. The number of alkyl halides is 8. The number of benzene rings is 2. The van der Waals surface area contributed by atoms with E-state index in [0.29, 0.717) is 0 Å². The van der Waals surface area contributed by atoms with Gasteiger partial charge in [0.15, 0.2) is 0 Å². The van der Waals surface area contributed by atoms with Crippen LogP contribution in [0.15, 0.2) is 48.5 Å². The van der Waals surface area contributed by atoms with Crippen molar-refractivity contribution >= 4 is 46.4 Å². The summed E-state index contributed by atoms with van der Waals surface area (Å²) in [5.74, 6) is -32.8. The number of halogens is 10. The molecule has 14 heteroatoms. The van der Waals surface area contributed by atoms with Crippen molar-refractivity contribution in [3.63, 3.8) is 0 Å². The maximum absolute atomic E-state index is 14.0. The first-order chi connectivity index (χ1) is 14.5. The van der Waals surface area contributed by atoms with E-state index in [9.17, 15) is 44.7 Å². The van der Waals surface area contributed by atoms with Gasteiger partial charge < -0.3 is 10.6 Å². The van der Waals surface area contributed by atoms with Crippen LogP contribution in [0.1, 0.15) is 0 Å². The number of amides is 2. The smallest absolute Gasteiger partial charge is 0.321 e. The van der Waals surface area contributed by atoms with Crippen LogP contribution in [0.2, 0.25) is 10.0 Å². The molecule has 4 nitrogen and oxygen atoms in total. The van der Waals surface area contributed by atoms with Gasteiger partial charge in [0.1, 0.15) is 0 Å². The Balaban J connectivity index is 2.33. The molecule has 0 aliphatic rings. The molecule has 0 saturated heterocycles. The summed E-state index contributed by atoms with van der Waals surface area (Å²) in [7, 11) is 0. The third kappa shape index (κ3) is 4.60. The molecule has 0 spiro atoms. The van der Waals surface area contributed by atoms with Gasteiger partial charge in [0.25, 0.3) is 0 Å². The predicted molar refractivity (Wildman–Crippen MR) is 100.0 cm³/mol. The minimum Gasteiger partial charge on any atom is -0.321 e. The average molecular weight is 509 g/mol. The zero-order chi connectivity index (χ0) is 24.5. The third-order valence-electron chi connectivity index (χ3n) is 3.92. The fourth-order valence-corrected chi connectivity index (χ4v) is 2.61. The molecule has 0 aliphatic heterocycles. The largest absolute Gasteiger partial charge is 0.393 e. The maximum Gasteiger partial charge on any atom is 0.393 e. The highest BCUT2D eigenvalue weighted by atomic mass is 35.5. The molecule has 2 rings (SSSR count). The van der Waals surface area contributed by atoms with E-state index >= 15 is 0 Å². The summed E-state index contributed by atoms with van der Waals surface area (Å²) >= 11 is 11.0. The summed E-state index contributed by atoms with van der Waals surface area (Å²) in [6.07, 6.45) is 0. The Morgan fingerprint density at radius 2 is 0.938 bits per heavy atom. The zero-order valence-electron chi connectivity index (χ0n) is 15.2. The summed E-state index contributed by atoms with van der Waals surface area (Å²) in [6.45, 7) is 0. The van der Waals surface area contributed by atoms with Gasteiger partial charge in [-0.1, -0.05) is 35.3 Å². The Kier molecular flexibility index (Phi) is 7.01. The lowest BCUT2D eigenvalue weighted by Crippen LogP contribution is -2.67. The minimum atomic E-state index is -7.00. The van der Waals surface area contributed by atoms with E-state index < -0.39 is 46.9 Å². The normalized spacial score (nSPS) is 12.9. The molecule has 2 aromatic carbocycles. The van der Waals surface area contributed by atoms with Gasteiger partial charge >= 0.3 is 35.5 Å². The van der Waals surface area contributed by atoms with Gasteiger partial charge in [-0.05, 0) is 36.4 Å². The highest BCUT2D eigenvalue weighted by Gasteiger charge is 2.84. The first-order valence-electron chi connectivity index (χ1n) is 8.19. The Hall–Kier alpha value is -2.60.